The predicted octanol–water partition coefficient (Wildman–Crippen LogP) is 5.29. The summed E-state index contributed by atoms with van der Waals surface area (Å²) in [6.07, 6.45) is 2.27. The quantitative estimate of drug-likeness (QED) is 0.682. The Balaban J connectivity index is 0.000000178. The molecule has 1 aliphatic heterocycles. The molecule has 0 aliphatic carbocycles. The van der Waals surface area contributed by atoms with Crippen LogP contribution in [0.1, 0.15) is 31.9 Å². The lowest BCUT2D eigenvalue weighted by Gasteiger charge is -2.31. The molecular weight excluding hydrogens is 242 g/mol. The Morgan fingerprint density at radius 2 is 1.40 bits per heavy atom. The van der Waals surface area contributed by atoms with E-state index in [1.807, 2.05) is 18.2 Å². The van der Waals surface area contributed by atoms with Crippen LogP contribution in [0.4, 0.5) is 5.69 Å². The topological polar surface area (TPSA) is 12.0 Å². The number of nitrogens with one attached hydrogen (secondary N) is 1. The van der Waals surface area contributed by atoms with Crippen molar-refractivity contribution in [1.82, 2.24) is 0 Å². The summed E-state index contributed by atoms with van der Waals surface area (Å²) in [6.45, 7) is 8.63. The van der Waals surface area contributed by atoms with E-state index in [2.05, 4.69) is 75.5 Å². The van der Waals surface area contributed by atoms with E-state index in [4.69, 9.17) is 0 Å². The molecule has 0 radical (unpaired) electrons. The number of aryl methyl sites for hydroxylation is 1. The molecule has 1 aliphatic rings. The normalized spacial score (nSPS) is 15.1. The summed E-state index contributed by atoms with van der Waals surface area (Å²) in [5.41, 5.74) is 5.33. The van der Waals surface area contributed by atoms with Gasteiger partial charge in [-0.25, -0.2) is 0 Å². The van der Waals surface area contributed by atoms with Gasteiger partial charge in [-0.05, 0) is 39.3 Å². The first kappa shape index (κ1) is 14.4. The SMILES string of the molecule is CC1=CC(C)(C)Nc2ccccc21.Cc1ccccc1. The number of fused-ring (bicyclic) bond motifs is 1. The van der Waals surface area contributed by atoms with Crippen molar-refractivity contribution in [2.24, 2.45) is 0 Å². The molecule has 0 bridgehead atoms. The Morgan fingerprint density at radius 3 is 2.00 bits per heavy atom. The number of rotatable bonds is 0. The maximum Gasteiger partial charge on any atom is 0.0505 e. The van der Waals surface area contributed by atoms with Gasteiger partial charge >= 0.3 is 0 Å². The number of hydrogen-bond donors (Lipinski definition) is 1. The van der Waals surface area contributed by atoms with Crippen molar-refractivity contribution in [2.75, 3.05) is 5.32 Å². The Hall–Kier alpha value is -2.02. The maximum absolute atomic E-state index is 3.49. The standard InChI is InChI=1S/C12H15N.C7H8/c1-9-8-12(2,3)13-11-7-5-4-6-10(9)11;1-7-5-3-2-4-6-7/h4-8,13H,1-3H3;2-6H,1H3. The molecule has 0 amide bonds. The second kappa shape index (κ2) is 5.96. The van der Waals surface area contributed by atoms with E-state index in [-0.39, 0.29) is 5.54 Å². The second-order valence-corrected chi connectivity index (χ2v) is 5.87. The summed E-state index contributed by atoms with van der Waals surface area (Å²) in [5, 5.41) is 3.49. The van der Waals surface area contributed by atoms with Crippen LogP contribution in [0.3, 0.4) is 0 Å². The molecular formula is C19H23N. The van der Waals surface area contributed by atoms with Crippen LogP contribution in [0.25, 0.3) is 5.57 Å². The van der Waals surface area contributed by atoms with Crippen LogP contribution in [0.5, 0.6) is 0 Å². The highest BCUT2D eigenvalue weighted by Gasteiger charge is 2.21. The zero-order valence-corrected chi connectivity index (χ0v) is 12.8. The van der Waals surface area contributed by atoms with E-state index in [1.165, 1.54) is 22.4 Å². The minimum absolute atomic E-state index is 0.0818. The maximum atomic E-state index is 3.49. The lowest BCUT2D eigenvalue weighted by Crippen LogP contribution is -2.31. The molecule has 0 spiro atoms. The molecule has 0 aromatic heterocycles. The Kier molecular flexibility index (Phi) is 4.29. The highest BCUT2D eigenvalue weighted by Crippen LogP contribution is 2.32. The average Bonchev–Trinajstić information content (AvgIpc) is 2.39. The predicted molar refractivity (Wildman–Crippen MR) is 89.0 cm³/mol. The van der Waals surface area contributed by atoms with Gasteiger partial charge in [-0.1, -0.05) is 60.2 Å². The monoisotopic (exact) mass is 265 g/mol. The third-order valence-corrected chi connectivity index (χ3v) is 3.33. The van der Waals surface area contributed by atoms with Gasteiger partial charge in [-0.2, -0.15) is 0 Å². The molecule has 0 atom stereocenters. The summed E-state index contributed by atoms with van der Waals surface area (Å²) in [5.74, 6) is 0. The number of para-hydroxylation sites is 1. The summed E-state index contributed by atoms with van der Waals surface area (Å²) < 4.78 is 0. The van der Waals surface area contributed by atoms with Crippen LogP contribution in [-0.4, -0.2) is 5.54 Å². The van der Waals surface area contributed by atoms with E-state index < -0.39 is 0 Å². The Labute approximate surface area is 122 Å². The van der Waals surface area contributed by atoms with Crippen LogP contribution in [-0.2, 0) is 0 Å². The Morgan fingerprint density at radius 1 is 0.800 bits per heavy atom. The van der Waals surface area contributed by atoms with Gasteiger partial charge in [0.2, 0.25) is 0 Å². The van der Waals surface area contributed by atoms with Crippen molar-refractivity contribution < 1.29 is 0 Å². The fourth-order valence-electron chi connectivity index (χ4n) is 2.47. The fourth-order valence-corrected chi connectivity index (χ4v) is 2.47. The molecule has 0 fully saturated rings. The van der Waals surface area contributed by atoms with Crippen LogP contribution in [0, 0.1) is 6.92 Å². The Bertz CT molecular complexity index is 594. The number of anilines is 1. The van der Waals surface area contributed by atoms with Crippen LogP contribution < -0.4 is 5.32 Å². The average molecular weight is 265 g/mol. The van der Waals surface area contributed by atoms with E-state index >= 15 is 0 Å². The van der Waals surface area contributed by atoms with Crippen molar-refractivity contribution >= 4 is 11.3 Å². The summed E-state index contributed by atoms with van der Waals surface area (Å²) in [4.78, 5) is 0. The van der Waals surface area contributed by atoms with E-state index in [9.17, 15) is 0 Å². The first-order chi connectivity index (χ1) is 9.48. The molecule has 20 heavy (non-hydrogen) atoms. The lowest BCUT2D eigenvalue weighted by molar-refractivity contribution is 0.707. The summed E-state index contributed by atoms with van der Waals surface area (Å²) in [7, 11) is 0. The van der Waals surface area contributed by atoms with Gasteiger partial charge in [0.05, 0.1) is 5.54 Å². The largest absolute Gasteiger partial charge is 0.376 e. The fraction of sp³-hybridized carbons (Fsp3) is 0.263. The van der Waals surface area contributed by atoms with Crippen LogP contribution in [0.15, 0.2) is 60.7 Å². The molecule has 1 heteroatoms. The second-order valence-electron chi connectivity index (χ2n) is 5.87. The lowest BCUT2D eigenvalue weighted by atomic mass is 9.91. The van der Waals surface area contributed by atoms with Gasteiger partial charge in [-0.15, -0.1) is 0 Å². The molecule has 0 saturated heterocycles. The third kappa shape index (κ3) is 3.74. The number of allylic oxidation sites excluding steroid dienone is 1. The van der Waals surface area contributed by atoms with Crippen LogP contribution in [0.2, 0.25) is 0 Å². The molecule has 0 saturated carbocycles. The van der Waals surface area contributed by atoms with Crippen molar-refractivity contribution in [3.63, 3.8) is 0 Å². The zero-order valence-electron chi connectivity index (χ0n) is 12.8. The van der Waals surface area contributed by atoms with Gasteiger partial charge in [-0.3, -0.25) is 0 Å². The summed E-state index contributed by atoms with van der Waals surface area (Å²) >= 11 is 0. The van der Waals surface area contributed by atoms with Crippen molar-refractivity contribution in [1.29, 1.82) is 0 Å². The molecule has 3 rings (SSSR count). The first-order valence-electron chi connectivity index (χ1n) is 7.07. The van der Waals surface area contributed by atoms with E-state index in [1.54, 1.807) is 0 Å². The van der Waals surface area contributed by atoms with Crippen LogP contribution >= 0.6 is 0 Å². The van der Waals surface area contributed by atoms with Gasteiger partial charge in [0.15, 0.2) is 0 Å². The molecule has 1 nitrogen and oxygen atoms in total. The molecule has 2 aromatic carbocycles. The number of benzene rings is 2. The highest BCUT2D eigenvalue weighted by molar-refractivity contribution is 5.79. The minimum Gasteiger partial charge on any atom is -0.376 e. The summed E-state index contributed by atoms with van der Waals surface area (Å²) in [6, 6.07) is 18.7. The molecule has 104 valence electrons. The third-order valence-electron chi connectivity index (χ3n) is 3.33. The van der Waals surface area contributed by atoms with E-state index in [0.29, 0.717) is 0 Å². The molecule has 2 aromatic rings. The van der Waals surface area contributed by atoms with E-state index in [0.717, 1.165) is 0 Å². The van der Waals surface area contributed by atoms with Crippen molar-refractivity contribution in [3.05, 3.63) is 71.8 Å². The van der Waals surface area contributed by atoms with Gasteiger partial charge < -0.3 is 5.32 Å². The van der Waals surface area contributed by atoms with Gasteiger partial charge in [0, 0.05) is 11.3 Å². The van der Waals surface area contributed by atoms with Gasteiger partial charge in [0.1, 0.15) is 0 Å². The van der Waals surface area contributed by atoms with Crippen molar-refractivity contribution in [3.8, 4) is 0 Å². The van der Waals surface area contributed by atoms with Gasteiger partial charge in [0.25, 0.3) is 0 Å². The molecule has 0 unspecified atom stereocenters. The first-order valence-corrected chi connectivity index (χ1v) is 7.07. The minimum atomic E-state index is 0.0818. The molecule has 1 N–H and O–H groups in total. The smallest absolute Gasteiger partial charge is 0.0505 e. The van der Waals surface area contributed by atoms with Crippen molar-refractivity contribution in [2.45, 2.75) is 33.2 Å². The highest BCUT2D eigenvalue weighted by atomic mass is 15.0. The number of hydrogen-bond acceptors (Lipinski definition) is 1. The zero-order chi connectivity index (χ0) is 14.6. The molecule has 1 heterocycles.